The van der Waals surface area contributed by atoms with Crippen molar-refractivity contribution < 1.29 is 8.78 Å². The van der Waals surface area contributed by atoms with Crippen molar-refractivity contribution in [2.45, 2.75) is 19.0 Å². The van der Waals surface area contributed by atoms with E-state index in [1.165, 1.54) is 11.6 Å². The molecule has 270 valence electrons. The molecular weight excluding hydrogens is 679 g/mol. The lowest BCUT2D eigenvalue weighted by atomic mass is 9.98. The molecule has 0 spiro atoms. The van der Waals surface area contributed by atoms with E-state index < -0.39 is 6.17 Å². The molecule has 2 aliphatic rings. The van der Waals surface area contributed by atoms with Crippen LogP contribution < -0.4 is 20.2 Å². The quantitative estimate of drug-likeness (QED) is 0.125. The van der Waals surface area contributed by atoms with Gasteiger partial charge < -0.3 is 9.80 Å². The van der Waals surface area contributed by atoms with Gasteiger partial charge in [-0.2, -0.15) is 0 Å². The maximum atomic E-state index is 14.1. The normalized spacial score (nSPS) is 15.6. The summed E-state index contributed by atoms with van der Waals surface area (Å²) in [4.78, 5) is 4.24. The summed E-state index contributed by atoms with van der Waals surface area (Å²) in [6.45, 7) is 12.4. The van der Waals surface area contributed by atoms with E-state index in [1.54, 1.807) is 18.2 Å². The van der Waals surface area contributed by atoms with Crippen LogP contribution in [0, 0.1) is 0 Å². The molecule has 1 unspecified atom stereocenters. The molecule has 2 nitrogen and oxygen atoms in total. The molecule has 4 heteroatoms. The molecule has 0 aliphatic heterocycles. The van der Waals surface area contributed by atoms with Crippen molar-refractivity contribution in [1.29, 1.82) is 0 Å². The van der Waals surface area contributed by atoms with Crippen LogP contribution in [0.4, 0.5) is 25.8 Å². The van der Waals surface area contributed by atoms with Gasteiger partial charge in [0.2, 0.25) is 0 Å². The third-order valence-electron chi connectivity index (χ3n) is 9.90. The van der Waals surface area contributed by atoms with Crippen molar-refractivity contribution in [1.82, 2.24) is 0 Å². The highest BCUT2D eigenvalue weighted by Crippen LogP contribution is 2.38. The van der Waals surface area contributed by atoms with Gasteiger partial charge in [0.1, 0.15) is 6.17 Å². The van der Waals surface area contributed by atoms with E-state index >= 15 is 0 Å². The van der Waals surface area contributed by atoms with Gasteiger partial charge in [-0.05, 0) is 112 Å². The zero-order valence-corrected chi connectivity index (χ0v) is 30.7. The minimum absolute atomic E-state index is 0.319. The molecule has 0 N–H and O–H groups in total. The van der Waals surface area contributed by atoms with E-state index in [9.17, 15) is 8.78 Å². The predicted octanol–water partition coefficient (Wildman–Crippen LogP) is 12.2. The lowest BCUT2D eigenvalue weighted by Crippen LogP contribution is -2.33. The van der Waals surface area contributed by atoms with Gasteiger partial charge in [-0.1, -0.05) is 135 Å². The molecule has 0 saturated carbocycles. The van der Waals surface area contributed by atoms with Gasteiger partial charge in [-0.15, -0.1) is 0 Å². The first-order valence-electron chi connectivity index (χ1n) is 18.4. The van der Waals surface area contributed by atoms with E-state index in [0.29, 0.717) is 12.8 Å². The first kappa shape index (κ1) is 36.6. The Bertz CT molecular complexity index is 2500. The number of alkyl halides is 1. The van der Waals surface area contributed by atoms with E-state index in [2.05, 4.69) is 145 Å². The summed E-state index contributed by atoms with van der Waals surface area (Å²) in [7, 11) is 0. The van der Waals surface area contributed by atoms with Crippen LogP contribution in [0.25, 0.3) is 40.6 Å². The van der Waals surface area contributed by atoms with Gasteiger partial charge in [-0.3, -0.25) is 0 Å². The maximum Gasteiger partial charge on any atom is 0.122 e. The van der Waals surface area contributed by atoms with Crippen LogP contribution in [0.15, 0.2) is 207 Å². The van der Waals surface area contributed by atoms with E-state index in [0.717, 1.165) is 78.8 Å². The number of hydrogen-bond acceptors (Lipinski definition) is 2. The highest BCUT2D eigenvalue weighted by Gasteiger charge is 2.20. The van der Waals surface area contributed by atoms with E-state index in [4.69, 9.17) is 0 Å². The Morgan fingerprint density at radius 1 is 0.691 bits per heavy atom. The fourth-order valence-corrected chi connectivity index (χ4v) is 7.13. The Hall–Kier alpha value is -6.78. The van der Waals surface area contributed by atoms with Gasteiger partial charge in [0.15, 0.2) is 0 Å². The molecule has 0 fully saturated rings. The van der Waals surface area contributed by atoms with Crippen molar-refractivity contribution in [2.75, 3.05) is 9.80 Å². The van der Waals surface area contributed by atoms with Gasteiger partial charge in [0.05, 0.1) is 17.7 Å². The number of halogens is 2. The molecule has 0 saturated heterocycles. The van der Waals surface area contributed by atoms with Gasteiger partial charge in [0, 0.05) is 34.4 Å². The summed E-state index contributed by atoms with van der Waals surface area (Å²) >= 11 is 0. The number of anilines is 3. The summed E-state index contributed by atoms with van der Waals surface area (Å²) in [6, 6.07) is 39.6. The Labute approximate surface area is 322 Å². The van der Waals surface area contributed by atoms with Crippen LogP contribution in [-0.4, -0.2) is 6.17 Å². The zero-order valence-electron chi connectivity index (χ0n) is 30.7. The SMILES string of the molecule is C=C/C(=C\C=C\F)N(c1ccc(-c2ccc(-c3ccc(N(C4=CCC(F)C=C4)/C(C=C)=c4\ccccc4=C)cc3)cc2)cc1)c1cccc2c1CC=CC=C2. The van der Waals surface area contributed by atoms with Crippen LogP contribution in [0.2, 0.25) is 0 Å². The van der Waals surface area contributed by atoms with E-state index in [1.807, 2.05) is 42.5 Å². The zero-order chi connectivity index (χ0) is 38.1. The molecule has 0 bridgehead atoms. The average molecular weight is 721 g/mol. The lowest BCUT2D eigenvalue weighted by molar-refractivity contribution is 0.400. The van der Waals surface area contributed by atoms with Crippen molar-refractivity contribution in [3.63, 3.8) is 0 Å². The highest BCUT2D eigenvalue weighted by atomic mass is 19.1. The van der Waals surface area contributed by atoms with Crippen LogP contribution in [0.3, 0.4) is 0 Å². The average Bonchev–Trinajstić information content (AvgIpc) is 3.49. The first-order valence-corrected chi connectivity index (χ1v) is 18.4. The third kappa shape index (κ3) is 7.95. The summed E-state index contributed by atoms with van der Waals surface area (Å²) in [5, 5.41) is 1.85. The van der Waals surface area contributed by atoms with E-state index in [-0.39, 0.29) is 0 Å². The molecule has 0 aromatic heterocycles. The number of rotatable bonds is 11. The minimum Gasteiger partial charge on any atom is -0.310 e. The van der Waals surface area contributed by atoms with Crippen LogP contribution >= 0.6 is 0 Å². The number of nitrogens with zero attached hydrogens (tertiary/aromatic N) is 2. The third-order valence-corrected chi connectivity index (χ3v) is 9.90. The topological polar surface area (TPSA) is 6.48 Å². The van der Waals surface area contributed by atoms with Gasteiger partial charge >= 0.3 is 0 Å². The monoisotopic (exact) mass is 720 g/mol. The van der Waals surface area contributed by atoms with Crippen LogP contribution in [-0.2, 0) is 6.42 Å². The number of hydrogen-bond donors (Lipinski definition) is 0. The summed E-state index contributed by atoms with van der Waals surface area (Å²) in [5.74, 6) is 0. The standard InChI is InChI=1S/C51H42F2N2/c1-4-44(16-12-36-52)54(51-19-11-15-42-14-7-6-8-18-49(42)51)45-30-24-40(25-31-45)38-20-22-39(23-21-38)41-26-32-46(33-27-41)55(47-34-28-43(53)29-35-47)50(5-2)48-17-10-9-13-37(48)3/h4-17,19-28,30-36,43H,1-3,18,29H2/b36-12+,44-16+,50-48+. The smallest absolute Gasteiger partial charge is 0.122 e. The van der Waals surface area contributed by atoms with Crippen molar-refractivity contribution in [3.05, 3.63) is 228 Å². The molecule has 55 heavy (non-hydrogen) atoms. The molecule has 0 radical (unpaired) electrons. The molecule has 1 atom stereocenters. The molecule has 5 aromatic carbocycles. The number of benzene rings is 5. The fourth-order valence-electron chi connectivity index (χ4n) is 7.13. The Kier molecular flexibility index (Phi) is 11.2. The highest BCUT2D eigenvalue weighted by molar-refractivity contribution is 5.82. The fraction of sp³-hybridized carbons (Fsp3) is 0.0588. The summed E-state index contributed by atoms with van der Waals surface area (Å²) < 4.78 is 27.3. The van der Waals surface area contributed by atoms with Crippen molar-refractivity contribution >= 4 is 35.4 Å². The second-order valence-electron chi connectivity index (χ2n) is 13.3. The second-order valence-corrected chi connectivity index (χ2v) is 13.3. The van der Waals surface area contributed by atoms with Crippen molar-refractivity contribution in [2.24, 2.45) is 0 Å². The molecule has 0 heterocycles. The maximum absolute atomic E-state index is 14.1. The first-order chi connectivity index (χ1) is 27.0. The van der Waals surface area contributed by atoms with Crippen LogP contribution in [0.5, 0.6) is 0 Å². The molecule has 2 aliphatic carbocycles. The minimum atomic E-state index is -0.992. The Balaban J connectivity index is 1.17. The molecule has 0 amide bonds. The summed E-state index contributed by atoms with van der Waals surface area (Å²) in [6.07, 6.45) is 21.1. The number of allylic oxidation sites excluding steroid dienone is 9. The Morgan fingerprint density at radius 2 is 1.33 bits per heavy atom. The van der Waals surface area contributed by atoms with Crippen LogP contribution in [0.1, 0.15) is 17.5 Å². The predicted molar refractivity (Wildman–Crippen MR) is 230 cm³/mol. The molecule has 5 aromatic rings. The van der Waals surface area contributed by atoms with Gasteiger partial charge in [0.25, 0.3) is 0 Å². The molecular formula is C51H42F2N2. The lowest BCUT2D eigenvalue weighted by Gasteiger charge is -2.29. The largest absolute Gasteiger partial charge is 0.310 e. The van der Waals surface area contributed by atoms with Crippen molar-refractivity contribution in [3.8, 4) is 22.3 Å². The molecule has 7 rings (SSSR count). The summed E-state index contributed by atoms with van der Waals surface area (Å²) in [5.41, 5.74) is 12.1. The van der Waals surface area contributed by atoms with Gasteiger partial charge in [-0.25, -0.2) is 8.78 Å². The Morgan fingerprint density at radius 3 is 1.91 bits per heavy atom. The second kappa shape index (κ2) is 16.9. The number of fused-ring (bicyclic) bond motifs is 1.